The lowest BCUT2D eigenvalue weighted by Gasteiger charge is -2.39. The van der Waals surface area contributed by atoms with Gasteiger partial charge in [0.15, 0.2) is 0 Å². The zero-order valence-electron chi connectivity index (χ0n) is 11.8. The van der Waals surface area contributed by atoms with Gasteiger partial charge in [-0.25, -0.2) is 0 Å². The molecule has 18 heavy (non-hydrogen) atoms. The van der Waals surface area contributed by atoms with Crippen LogP contribution in [0.3, 0.4) is 0 Å². The summed E-state index contributed by atoms with van der Waals surface area (Å²) in [5.74, 6) is 2.21. The van der Waals surface area contributed by atoms with Crippen LogP contribution in [0.4, 0.5) is 0 Å². The van der Waals surface area contributed by atoms with E-state index in [1.807, 2.05) is 0 Å². The first-order valence-corrected chi connectivity index (χ1v) is 7.95. The van der Waals surface area contributed by atoms with Crippen molar-refractivity contribution in [2.24, 2.45) is 23.5 Å². The first kappa shape index (κ1) is 14.0. The summed E-state index contributed by atoms with van der Waals surface area (Å²) < 4.78 is 0. The van der Waals surface area contributed by atoms with Crippen LogP contribution in [0.5, 0.6) is 0 Å². The summed E-state index contributed by atoms with van der Waals surface area (Å²) >= 11 is 1.78. The van der Waals surface area contributed by atoms with Gasteiger partial charge in [-0.05, 0) is 60.0 Å². The molecule has 2 N–H and O–H groups in total. The maximum absolute atomic E-state index is 6.36. The van der Waals surface area contributed by atoms with E-state index in [1.165, 1.54) is 18.4 Å². The second-order valence-corrected chi connectivity index (χ2v) is 6.99. The maximum atomic E-state index is 6.36. The molecule has 102 valence electrons. The fourth-order valence-corrected chi connectivity index (χ4v) is 4.06. The smallest absolute Gasteiger partial charge is 0.0239 e. The molecule has 1 aromatic heterocycles. The minimum absolute atomic E-state index is 0.383. The number of nitrogens with zero attached hydrogens (tertiary/aromatic N) is 1. The normalized spacial score (nSPS) is 32.9. The van der Waals surface area contributed by atoms with Crippen LogP contribution in [0.2, 0.25) is 0 Å². The topological polar surface area (TPSA) is 29.3 Å². The second kappa shape index (κ2) is 6.18. The molecule has 1 saturated carbocycles. The molecule has 1 aliphatic carbocycles. The summed E-state index contributed by atoms with van der Waals surface area (Å²) in [6, 6.07) is 2.60. The molecule has 4 unspecified atom stereocenters. The van der Waals surface area contributed by atoms with Gasteiger partial charge in [0.25, 0.3) is 0 Å². The Kier molecular flexibility index (Phi) is 4.82. The monoisotopic (exact) mass is 266 g/mol. The van der Waals surface area contributed by atoms with Crippen LogP contribution in [-0.4, -0.2) is 24.5 Å². The van der Waals surface area contributed by atoms with Crippen molar-refractivity contribution in [1.82, 2.24) is 4.90 Å². The molecule has 4 atom stereocenters. The molecule has 1 aromatic rings. The zero-order valence-corrected chi connectivity index (χ0v) is 12.6. The standard InChI is InChI=1S/C15H26N2S/c1-11-6-12(2)14(15(16)7-11)9-17(3)8-13-4-5-18-10-13/h4-5,10-12,14-15H,6-9,16H2,1-3H3. The van der Waals surface area contributed by atoms with E-state index in [9.17, 15) is 0 Å². The molecule has 1 heterocycles. The molecule has 0 bridgehead atoms. The van der Waals surface area contributed by atoms with Crippen molar-refractivity contribution in [3.8, 4) is 0 Å². The number of rotatable bonds is 4. The highest BCUT2D eigenvalue weighted by molar-refractivity contribution is 7.07. The average Bonchev–Trinajstić information content (AvgIpc) is 2.76. The summed E-state index contributed by atoms with van der Waals surface area (Å²) in [6.45, 7) is 6.89. The van der Waals surface area contributed by atoms with E-state index < -0.39 is 0 Å². The fraction of sp³-hybridized carbons (Fsp3) is 0.733. The SMILES string of the molecule is CC1CC(C)C(CN(C)Cc2ccsc2)C(N)C1. The Bertz CT molecular complexity index is 337. The minimum Gasteiger partial charge on any atom is -0.327 e. The Balaban J connectivity index is 1.87. The number of thiophene rings is 1. The van der Waals surface area contributed by atoms with E-state index in [2.05, 4.69) is 42.6 Å². The van der Waals surface area contributed by atoms with E-state index in [1.54, 1.807) is 11.3 Å². The molecule has 0 aliphatic heterocycles. The second-order valence-electron chi connectivity index (χ2n) is 6.21. The predicted octanol–water partition coefficient (Wildman–Crippen LogP) is 3.19. The summed E-state index contributed by atoms with van der Waals surface area (Å²) in [5.41, 5.74) is 7.78. The lowest BCUT2D eigenvalue weighted by molar-refractivity contribution is 0.127. The van der Waals surface area contributed by atoms with Crippen molar-refractivity contribution < 1.29 is 0 Å². The van der Waals surface area contributed by atoms with Gasteiger partial charge < -0.3 is 10.6 Å². The quantitative estimate of drug-likeness (QED) is 0.907. The third-order valence-electron chi connectivity index (χ3n) is 4.28. The molecule has 0 amide bonds. The molecular weight excluding hydrogens is 240 g/mol. The Hall–Kier alpha value is -0.380. The summed E-state index contributed by atoms with van der Waals surface area (Å²) in [6.07, 6.45) is 2.53. The molecule has 0 spiro atoms. The van der Waals surface area contributed by atoms with Crippen molar-refractivity contribution in [3.05, 3.63) is 22.4 Å². The van der Waals surface area contributed by atoms with Crippen molar-refractivity contribution in [1.29, 1.82) is 0 Å². The maximum Gasteiger partial charge on any atom is 0.0239 e. The number of hydrogen-bond acceptors (Lipinski definition) is 3. The highest BCUT2D eigenvalue weighted by atomic mass is 32.1. The first-order valence-electron chi connectivity index (χ1n) is 7.01. The molecule has 2 nitrogen and oxygen atoms in total. The predicted molar refractivity (Wildman–Crippen MR) is 79.7 cm³/mol. The largest absolute Gasteiger partial charge is 0.327 e. The van der Waals surface area contributed by atoms with Gasteiger partial charge in [-0.1, -0.05) is 13.8 Å². The summed E-state index contributed by atoms with van der Waals surface area (Å²) in [5, 5.41) is 4.39. The van der Waals surface area contributed by atoms with Crippen LogP contribution >= 0.6 is 11.3 Å². The fourth-order valence-electron chi connectivity index (χ4n) is 3.40. The Morgan fingerprint density at radius 1 is 1.39 bits per heavy atom. The summed E-state index contributed by atoms with van der Waals surface area (Å²) in [4.78, 5) is 2.43. The van der Waals surface area contributed by atoms with E-state index in [4.69, 9.17) is 5.73 Å². The Labute approximate surface area is 115 Å². The third kappa shape index (κ3) is 3.56. The van der Waals surface area contributed by atoms with Gasteiger partial charge in [0.2, 0.25) is 0 Å². The van der Waals surface area contributed by atoms with Gasteiger partial charge >= 0.3 is 0 Å². The van der Waals surface area contributed by atoms with Crippen LogP contribution < -0.4 is 5.73 Å². The van der Waals surface area contributed by atoms with Gasteiger partial charge in [0, 0.05) is 19.1 Å². The van der Waals surface area contributed by atoms with Crippen LogP contribution in [0.1, 0.15) is 32.3 Å². The lowest BCUT2D eigenvalue weighted by atomic mass is 9.72. The van der Waals surface area contributed by atoms with Crippen molar-refractivity contribution >= 4 is 11.3 Å². The van der Waals surface area contributed by atoms with E-state index in [-0.39, 0.29) is 0 Å². The number of hydrogen-bond donors (Lipinski definition) is 1. The minimum atomic E-state index is 0.383. The van der Waals surface area contributed by atoms with Crippen LogP contribution in [-0.2, 0) is 6.54 Å². The van der Waals surface area contributed by atoms with Gasteiger partial charge in [-0.2, -0.15) is 11.3 Å². The highest BCUT2D eigenvalue weighted by Gasteiger charge is 2.32. The molecule has 0 radical (unpaired) electrons. The molecule has 0 aromatic carbocycles. The van der Waals surface area contributed by atoms with Crippen LogP contribution in [0.25, 0.3) is 0 Å². The van der Waals surface area contributed by atoms with Gasteiger partial charge in [0.1, 0.15) is 0 Å². The number of nitrogens with two attached hydrogens (primary N) is 1. The highest BCUT2D eigenvalue weighted by Crippen LogP contribution is 2.33. The van der Waals surface area contributed by atoms with E-state index in [0.29, 0.717) is 12.0 Å². The lowest BCUT2D eigenvalue weighted by Crippen LogP contribution is -2.45. The average molecular weight is 266 g/mol. The molecule has 0 saturated heterocycles. The van der Waals surface area contributed by atoms with Gasteiger partial charge in [-0.15, -0.1) is 0 Å². The van der Waals surface area contributed by atoms with Gasteiger partial charge in [-0.3, -0.25) is 0 Å². The zero-order chi connectivity index (χ0) is 13.1. The summed E-state index contributed by atoms with van der Waals surface area (Å²) in [7, 11) is 2.22. The first-order chi connectivity index (χ1) is 8.56. The Morgan fingerprint density at radius 2 is 2.17 bits per heavy atom. The van der Waals surface area contributed by atoms with E-state index in [0.717, 1.165) is 24.9 Å². The van der Waals surface area contributed by atoms with Crippen molar-refractivity contribution in [3.63, 3.8) is 0 Å². The van der Waals surface area contributed by atoms with Gasteiger partial charge in [0.05, 0.1) is 0 Å². The molecular formula is C15H26N2S. The van der Waals surface area contributed by atoms with Crippen LogP contribution in [0.15, 0.2) is 16.8 Å². The molecule has 1 aliphatic rings. The Morgan fingerprint density at radius 3 is 2.78 bits per heavy atom. The van der Waals surface area contributed by atoms with E-state index >= 15 is 0 Å². The van der Waals surface area contributed by atoms with Crippen molar-refractivity contribution in [2.75, 3.05) is 13.6 Å². The van der Waals surface area contributed by atoms with Crippen molar-refractivity contribution in [2.45, 2.75) is 39.3 Å². The molecule has 3 heteroatoms. The third-order valence-corrected chi connectivity index (χ3v) is 5.02. The molecule has 2 rings (SSSR count). The van der Waals surface area contributed by atoms with Crippen LogP contribution in [0, 0.1) is 17.8 Å². The molecule has 1 fully saturated rings.